The van der Waals surface area contributed by atoms with Gasteiger partial charge in [-0.1, -0.05) is 30.0 Å². The SMILES string of the molecule is N#Cc1cccc(C2=Nc3ccc(C#CC4=CCN(C(=O)O)CC4)cc3NC(=O)C2)c1. The summed E-state index contributed by atoms with van der Waals surface area (Å²) in [6.07, 6.45) is 1.58. The van der Waals surface area contributed by atoms with E-state index in [2.05, 4.69) is 28.2 Å². The first-order valence-electron chi connectivity index (χ1n) is 9.73. The molecule has 2 heterocycles. The molecule has 0 radical (unpaired) electrons. The van der Waals surface area contributed by atoms with E-state index in [1.165, 1.54) is 4.90 Å². The van der Waals surface area contributed by atoms with Crippen LogP contribution in [0, 0.1) is 23.2 Å². The molecular formula is C24H18N4O3. The lowest BCUT2D eigenvalue weighted by molar-refractivity contribution is -0.115. The van der Waals surface area contributed by atoms with Crippen molar-refractivity contribution in [2.24, 2.45) is 4.99 Å². The summed E-state index contributed by atoms with van der Waals surface area (Å²) < 4.78 is 0. The van der Waals surface area contributed by atoms with E-state index in [0.29, 0.717) is 42.2 Å². The fourth-order valence-corrected chi connectivity index (χ4v) is 3.39. The predicted octanol–water partition coefficient (Wildman–Crippen LogP) is 3.68. The highest BCUT2D eigenvalue weighted by Gasteiger charge is 2.18. The number of anilines is 1. The Morgan fingerprint density at radius 2 is 2.03 bits per heavy atom. The number of hydrogen-bond acceptors (Lipinski definition) is 4. The average molecular weight is 410 g/mol. The highest BCUT2D eigenvalue weighted by molar-refractivity contribution is 6.17. The van der Waals surface area contributed by atoms with Crippen LogP contribution in [0.3, 0.4) is 0 Å². The van der Waals surface area contributed by atoms with Crippen molar-refractivity contribution in [3.05, 3.63) is 70.8 Å². The molecule has 7 heteroatoms. The number of hydrogen-bond donors (Lipinski definition) is 2. The molecule has 0 bridgehead atoms. The lowest BCUT2D eigenvalue weighted by atomic mass is 10.0. The Hall–Kier alpha value is -4.36. The number of aliphatic imine (C=N–C) groups is 1. The van der Waals surface area contributed by atoms with Crippen molar-refractivity contribution in [2.75, 3.05) is 18.4 Å². The fourth-order valence-electron chi connectivity index (χ4n) is 3.39. The van der Waals surface area contributed by atoms with E-state index in [9.17, 15) is 9.59 Å². The van der Waals surface area contributed by atoms with Gasteiger partial charge in [-0.2, -0.15) is 5.26 Å². The molecule has 0 saturated heterocycles. The smallest absolute Gasteiger partial charge is 0.407 e. The van der Waals surface area contributed by atoms with Gasteiger partial charge in [-0.3, -0.25) is 9.79 Å². The number of benzene rings is 2. The summed E-state index contributed by atoms with van der Waals surface area (Å²) in [5.74, 6) is 5.99. The number of fused-ring (bicyclic) bond motifs is 1. The third kappa shape index (κ3) is 4.63. The van der Waals surface area contributed by atoms with Crippen LogP contribution in [0.2, 0.25) is 0 Å². The first kappa shape index (κ1) is 19.9. The second kappa shape index (κ2) is 8.56. The molecule has 2 aromatic carbocycles. The quantitative estimate of drug-likeness (QED) is 0.700. The largest absolute Gasteiger partial charge is 0.465 e. The minimum absolute atomic E-state index is 0.109. The molecule has 2 aliphatic heterocycles. The molecule has 2 amide bonds. The topological polar surface area (TPSA) is 106 Å². The molecule has 7 nitrogen and oxygen atoms in total. The number of carbonyl (C=O) groups is 2. The zero-order valence-corrected chi connectivity index (χ0v) is 16.6. The molecule has 0 aromatic heterocycles. The van der Waals surface area contributed by atoms with Crippen molar-refractivity contribution in [3.63, 3.8) is 0 Å². The average Bonchev–Trinajstić information content (AvgIpc) is 2.95. The predicted molar refractivity (Wildman–Crippen MR) is 116 cm³/mol. The number of nitriles is 1. The van der Waals surface area contributed by atoms with Crippen LogP contribution in [0.25, 0.3) is 0 Å². The zero-order valence-electron chi connectivity index (χ0n) is 16.6. The monoisotopic (exact) mass is 410 g/mol. The Balaban J connectivity index is 1.60. The summed E-state index contributed by atoms with van der Waals surface area (Å²) in [7, 11) is 0. The van der Waals surface area contributed by atoms with Crippen LogP contribution in [-0.4, -0.2) is 40.8 Å². The van der Waals surface area contributed by atoms with E-state index in [1.54, 1.807) is 30.3 Å². The number of amides is 2. The van der Waals surface area contributed by atoms with E-state index in [4.69, 9.17) is 10.4 Å². The normalized spacial score (nSPS) is 15.2. The van der Waals surface area contributed by atoms with Gasteiger partial charge in [-0.15, -0.1) is 0 Å². The number of carbonyl (C=O) groups excluding carboxylic acids is 1. The Labute approximate surface area is 179 Å². The third-order valence-electron chi connectivity index (χ3n) is 5.03. The molecule has 2 aromatic rings. The molecule has 31 heavy (non-hydrogen) atoms. The Kier molecular flexibility index (Phi) is 5.51. The van der Waals surface area contributed by atoms with Gasteiger partial charge < -0.3 is 15.3 Å². The van der Waals surface area contributed by atoms with Gasteiger partial charge >= 0.3 is 6.09 Å². The lowest BCUT2D eigenvalue weighted by Gasteiger charge is -2.21. The van der Waals surface area contributed by atoms with E-state index in [1.807, 2.05) is 18.2 Å². The van der Waals surface area contributed by atoms with Crippen LogP contribution < -0.4 is 5.32 Å². The molecule has 0 unspecified atom stereocenters. The zero-order chi connectivity index (χ0) is 21.8. The van der Waals surface area contributed by atoms with Crippen LogP contribution in [0.1, 0.15) is 29.5 Å². The van der Waals surface area contributed by atoms with Crippen molar-refractivity contribution in [1.29, 1.82) is 5.26 Å². The van der Waals surface area contributed by atoms with Gasteiger partial charge in [0.2, 0.25) is 5.91 Å². The van der Waals surface area contributed by atoms with Gasteiger partial charge in [0.25, 0.3) is 0 Å². The Morgan fingerprint density at radius 1 is 1.16 bits per heavy atom. The molecule has 0 spiro atoms. The second-order valence-corrected chi connectivity index (χ2v) is 7.17. The maximum Gasteiger partial charge on any atom is 0.407 e. The number of rotatable bonds is 1. The second-order valence-electron chi connectivity index (χ2n) is 7.17. The molecule has 4 rings (SSSR count). The maximum atomic E-state index is 12.4. The molecule has 152 valence electrons. The first-order valence-corrected chi connectivity index (χ1v) is 9.73. The first-order chi connectivity index (χ1) is 15.0. The van der Waals surface area contributed by atoms with Crippen LogP contribution in [0.5, 0.6) is 0 Å². The summed E-state index contributed by atoms with van der Waals surface area (Å²) in [6, 6.07) is 14.6. The molecule has 0 atom stereocenters. The van der Waals surface area contributed by atoms with Crippen LogP contribution in [0.15, 0.2) is 59.1 Å². The van der Waals surface area contributed by atoms with Crippen molar-refractivity contribution in [2.45, 2.75) is 12.8 Å². The van der Waals surface area contributed by atoms with Gasteiger partial charge in [0.15, 0.2) is 0 Å². The van der Waals surface area contributed by atoms with Crippen LogP contribution >= 0.6 is 0 Å². The van der Waals surface area contributed by atoms with Gasteiger partial charge in [0.1, 0.15) is 0 Å². The highest BCUT2D eigenvalue weighted by Crippen LogP contribution is 2.30. The summed E-state index contributed by atoms with van der Waals surface area (Å²) in [5.41, 5.74) is 4.69. The summed E-state index contributed by atoms with van der Waals surface area (Å²) >= 11 is 0. The van der Waals surface area contributed by atoms with Gasteiger partial charge in [0, 0.05) is 24.2 Å². The molecule has 2 N–H and O–H groups in total. The molecular weight excluding hydrogens is 392 g/mol. The van der Waals surface area contributed by atoms with Crippen LogP contribution in [-0.2, 0) is 4.79 Å². The highest BCUT2D eigenvalue weighted by atomic mass is 16.4. The van der Waals surface area contributed by atoms with Crippen molar-refractivity contribution in [1.82, 2.24) is 4.90 Å². The van der Waals surface area contributed by atoms with Crippen molar-refractivity contribution >= 4 is 29.1 Å². The van der Waals surface area contributed by atoms with Crippen molar-refractivity contribution in [3.8, 4) is 17.9 Å². The Morgan fingerprint density at radius 3 is 2.77 bits per heavy atom. The molecule has 2 aliphatic rings. The van der Waals surface area contributed by atoms with E-state index < -0.39 is 6.09 Å². The maximum absolute atomic E-state index is 12.4. The Bertz CT molecular complexity index is 1240. The summed E-state index contributed by atoms with van der Waals surface area (Å²) in [4.78, 5) is 29.4. The van der Waals surface area contributed by atoms with Gasteiger partial charge in [0.05, 0.1) is 35.1 Å². The number of nitrogens with one attached hydrogen (secondary N) is 1. The molecule has 0 fully saturated rings. The van der Waals surface area contributed by atoms with E-state index >= 15 is 0 Å². The third-order valence-corrected chi connectivity index (χ3v) is 5.03. The van der Waals surface area contributed by atoms with Crippen LogP contribution in [0.4, 0.5) is 16.2 Å². The number of nitrogens with zero attached hydrogens (tertiary/aromatic N) is 3. The van der Waals surface area contributed by atoms with Gasteiger partial charge in [-0.25, -0.2) is 4.79 Å². The molecule has 0 aliphatic carbocycles. The van der Waals surface area contributed by atoms with E-state index in [-0.39, 0.29) is 12.3 Å². The van der Waals surface area contributed by atoms with Crippen molar-refractivity contribution < 1.29 is 14.7 Å². The summed E-state index contributed by atoms with van der Waals surface area (Å²) in [5, 5.41) is 21.0. The minimum Gasteiger partial charge on any atom is -0.465 e. The minimum atomic E-state index is -0.927. The van der Waals surface area contributed by atoms with Gasteiger partial charge in [-0.05, 0) is 42.3 Å². The standard InChI is InChI=1S/C24H18N4O3/c25-15-18-2-1-3-19(12-18)21-14-23(29)27-22-13-17(6-7-20(22)26-21)5-4-16-8-10-28(11-9-16)24(30)31/h1-3,6-8,12-13H,9-11,14H2,(H,27,29)(H,30,31). The summed E-state index contributed by atoms with van der Waals surface area (Å²) in [6.45, 7) is 0.769. The van der Waals surface area contributed by atoms with E-state index in [0.717, 1.165) is 16.7 Å². The number of carboxylic acid groups (broad SMARTS) is 1. The molecule has 0 saturated carbocycles. The fraction of sp³-hybridized carbons (Fsp3) is 0.167. The lowest BCUT2D eigenvalue weighted by Crippen LogP contribution is -2.33.